The molecule has 112 valence electrons. The van der Waals surface area contributed by atoms with Gasteiger partial charge in [0.1, 0.15) is 11.6 Å². The largest absolute Gasteiger partial charge is 0.419 e. The molecule has 2 amide bonds. The number of hydrogen-bond acceptors (Lipinski definition) is 3. The van der Waals surface area contributed by atoms with Crippen LogP contribution in [-0.2, 0) is 9.53 Å². The Bertz CT molecular complexity index is 740. The standard InChI is InChI=1S/C15H12FN3O3/c16-13-7-11(3-4-14(13)18-5-1-2-6-18)19-9-12(8-17-10-20)22-15(19)21/h1-8,10H,9H2,(H,17,20)/b12-8-. The number of cyclic esters (lactones) is 1. The van der Waals surface area contributed by atoms with Crippen molar-refractivity contribution in [2.45, 2.75) is 0 Å². The van der Waals surface area contributed by atoms with E-state index in [4.69, 9.17) is 4.74 Å². The van der Waals surface area contributed by atoms with Gasteiger partial charge in [0.15, 0.2) is 0 Å². The molecule has 0 radical (unpaired) electrons. The predicted octanol–water partition coefficient (Wildman–Crippen LogP) is 2.16. The van der Waals surface area contributed by atoms with E-state index in [1.807, 2.05) is 0 Å². The summed E-state index contributed by atoms with van der Waals surface area (Å²) in [6.45, 7) is 0.127. The lowest BCUT2D eigenvalue weighted by Gasteiger charge is -2.13. The molecular formula is C15H12FN3O3. The van der Waals surface area contributed by atoms with Crippen LogP contribution < -0.4 is 10.2 Å². The zero-order valence-corrected chi connectivity index (χ0v) is 11.4. The fraction of sp³-hybridized carbons (Fsp3) is 0.0667. The highest BCUT2D eigenvalue weighted by Crippen LogP contribution is 2.26. The molecule has 22 heavy (non-hydrogen) atoms. The average molecular weight is 301 g/mol. The third-order valence-corrected chi connectivity index (χ3v) is 3.19. The second kappa shape index (κ2) is 5.72. The van der Waals surface area contributed by atoms with Gasteiger partial charge in [-0.05, 0) is 30.3 Å². The lowest BCUT2D eigenvalue weighted by atomic mass is 10.2. The van der Waals surface area contributed by atoms with Crippen LogP contribution in [0.25, 0.3) is 5.69 Å². The van der Waals surface area contributed by atoms with Gasteiger partial charge in [0.05, 0.1) is 17.9 Å². The molecule has 1 N–H and O–H groups in total. The summed E-state index contributed by atoms with van der Waals surface area (Å²) in [6, 6.07) is 8.08. The molecule has 6 nitrogen and oxygen atoms in total. The molecular weight excluding hydrogens is 289 g/mol. The zero-order valence-electron chi connectivity index (χ0n) is 11.4. The molecule has 0 bridgehead atoms. The molecule has 3 rings (SSSR count). The summed E-state index contributed by atoms with van der Waals surface area (Å²) >= 11 is 0. The van der Waals surface area contributed by atoms with Gasteiger partial charge in [0.25, 0.3) is 0 Å². The number of halogens is 1. The molecule has 1 aliphatic rings. The van der Waals surface area contributed by atoms with E-state index in [1.54, 1.807) is 41.2 Å². The first-order valence-electron chi connectivity index (χ1n) is 6.50. The molecule has 2 heterocycles. The molecule has 0 atom stereocenters. The number of amides is 2. The molecule has 0 saturated carbocycles. The van der Waals surface area contributed by atoms with E-state index < -0.39 is 11.9 Å². The SMILES string of the molecule is O=CN/C=C1/CN(c2ccc(-n3cccc3)c(F)c2)C(=O)O1. The van der Waals surface area contributed by atoms with Crippen LogP contribution in [0.2, 0.25) is 0 Å². The topological polar surface area (TPSA) is 63.6 Å². The smallest absolute Gasteiger partial charge is 0.411 e. The Labute approximate surface area is 125 Å². The third-order valence-electron chi connectivity index (χ3n) is 3.19. The maximum atomic E-state index is 14.2. The first kappa shape index (κ1) is 13.9. The van der Waals surface area contributed by atoms with Crippen LogP contribution in [0, 0.1) is 5.82 Å². The Balaban J connectivity index is 1.85. The summed E-state index contributed by atoms with van der Waals surface area (Å²) in [6.07, 6.45) is 4.60. The van der Waals surface area contributed by atoms with Gasteiger partial charge in [-0.3, -0.25) is 9.69 Å². The zero-order chi connectivity index (χ0) is 15.5. The van der Waals surface area contributed by atoms with Crippen LogP contribution in [0.1, 0.15) is 0 Å². The molecule has 0 aliphatic carbocycles. The Morgan fingerprint density at radius 3 is 2.73 bits per heavy atom. The highest BCUT2D eigenvalue weighted by molar-refractivity contribution is 5.91. The fourth-order valence-corrected chi connectivity index (χ4v) is 2.19. The maximum Gasteiger partial charge on any atom is 0.419 e. The van der Waals surface area contributed by atoms with Crippen LogP contribution in [0.3, 0.4) is 0 Å². The van der Waals surface area contributed by atoms with E-state index in [1.165, 1.54) is 17.2 Å². The Morgan fingerprint density at radius 1 is 1.27 bits per heavy atom. The number of anilines is 1. The van der Waals surface area contributed by atoms with E-state index in [2.05, 4.69) is 5.32 Å². The van der Waals surface area contributed by atoms with Gasteiger partial charge in [-0.1, -0.05) is 0 Å². The molecule has 0 unspecified atom stereocenters. The van der Waals surface area contributed by atoms with Crippen molar-refractivity contribution >= 4 is 18.2 Å². The van der Waals surface area contributed by atoms with E-state index in [-0.39, 0.29) is 12.3 Å². The molecule has 1 aromatic carbocycles. The van der Waals surface area contributed by atoms with Crippen molar-refractivity contribution in [3.63, 3.8) is 0 Å². The lowest BCUT2D eigenvalue weighted by molar-refractivity contribution is -0.108. The summed E-state index contributed by atoms with van der Waals surface area (Å²) < 4.78 is 20.8. The minimum absolute atomic E-state index is 0.127. The maximum absolute atomic E-state index is 14.2. The van der Waals surface area contributed by atoms with Crippen molar-refractivity contribution in [2.24, 2.45) is 0 Å². The van der Waals surface area contributed by atoms with Crippen LogP contribution in [-0.4, -0.2) is 23.6 Å². The van der Waals surface area contributed by atoms with Gasteiger partial charge in [0.2, 0.25) is 6.41 Å². The number of hydrogen-bond donors (Lipinski definition) is 1. The number of ether oxygens (including phenoxy) is 1. The normalized spacial score (nSPS) is 16.0. The van der Waals surface area contributed by atoms with Crippen LogP contribution >= 0.6 is 0 Å². The van der Waals surface area contributed by atoms with Crippen molar-refractivity contribution in [1.29, 1.82) is 0 Å². The summed E-state index contributed by atoms with van der Waals surface area (Å²) in [5.41, 5.74) is 0.771. The number of nitrogens with zero attached hydrogens (tertiary/aromatic N) is 2. The van der Waals surface area contributed by atoms with Crippen molar-refractivity contribution in [2.75, 3.05) is 11.4 Å². The fourth-order valence-electron chi connectivity index (χ4n) is 2.19. The van der Waals surface area contributed by atoms with Gasteiger partial charge >= 0.3 is 6.09 Å². The van der Waals surface area contributed by atoms with Gasteiger partial charge in [-0.15, -0.1) is 0 Å². The number of aromatic nitrogens is 1. The number of carbonyl (C=O) groups is 2. The van der Waals surface area contributed by atoms with E-state index in [9.17, 15) is 14.0 Å². The molecule has 2 aromatic rings. The van der Waals surface area contributed by atoms with Gasteiger partial charge in [-0.25, -0.2) is 9.18 Å². The quantitative estimate of drug-likeness (QED) is 0.880. The first-order valence-corrected chi connectivity index (χ1v) is 6.50. The number of rotatable bonds is 4. The molecule has 7 heteroatoms. The van der Waals surface area contributed by atoms with E-state index in [0.29, 0.717) is 17.8 Å². The molecule has 1 aliphatic heterocycles. The minimum atomic E-state index is -0.618. The lowest BCUT2D eigenvalue weighted by Crippen LogP contribution is -2.23. The monoisotopic (exact) mass is 301 g/mol. The summed E-state index contributed by atoms with van der Waals surface area (Å²) in [7, 11) is 0. The Morgan fingerprint density at radius 2 is 2.05 bits per heavy atom. The number of benzene rings is 1. The Hall–Kier alpha value is -3.09. The van der Waals surface area contributed by atoms with Crippen LogP contribution in [0.5, 0.6) is 0 Å². The molecule has 1 aromatic heterocycles. The summed E-state index contributed by atoms with van der Waals surface area (Å²) in [5, 5.41) is 2.30. The first-order chi connectivity index (χ1) is 10.7. The van der Waals surface area contributed by atoms with E-state index >= 15 is 0 Å². The van der Waals surface area contributed by atoms with Crippen molar-refractivity contribution in [3.05, 3.63) is 60.5 Å². The van der Waals surface area contributed by atoms with Crippen molar-refractivity contribution < 1.29 is 18.7 Å². The molecule has 0 spiro atoms. The van der Waals surface area contributed by atoms with Crippen LogP contribution in [0.4, 0.5) is 14.9 Å². The third kappa shape index (κ3) is 2.56. The minimum Gasteiger partial charge on any atom is -0.411 e. The van der Waals surface area contributed by atoms with Gasteiger partial charge in [-0.2, -0.15) is 0 Å². The second-order valence-corrected chi connectivity index (χ2v) is 4.58. The van der Waals surface area contributed by atoms with Crippen LogP contribution in [0.15, 0.2) is 54.7 Å². The average Bonchev–Trinajstić information content (AvgIpc) is 3.14. The highest BCUT2D eigenvalue weighted by atomic mass is 19.1. The summed E-state index contributed by atoms with van der Waals surface area (Å²) in [4.78, 5) is 23.3. The van der Waals surface area contributed by atoms with Gasteiger partial charge in [0, 0.05) is 18.6 Å². The van der Waals surface area contributed by atoms with Gasteiger partial charge < -0.3 is 14.6 Å². The molecule has 1 saturated heterocycles. The summed E-state index contributed by atoms with van der Waals surface area (Å²) in [5.74, 6) is -0.169. The van der Waals surface area contributed by atoms with E-state index in [0.717, 1.165) is 0 Å². The number of carbonyl (C=O) groups excluding carboxylic acids is 2. The molecule has 1 fully saturated rings. The second-order valence-electron chi connectivity index (χ2n) is 4.58. The highest BCUT2D eigenvalue weighted by Gasteiger charge is 2.28. The van der Waals surface area contributed by atoms with Crippen molar-refractivity contribution in [1.82, 2.24) is 9.88 Å². The predicted molar refractivity (Wildman–Crippen MR) is 76.8 cm³/mol. The number of nitrogens with one attached hydrogen (secondary N) is 1. The Kier molecular flexibility index (Phi) is 3.61. The van der Waals surface area contributed by atoms with Crippen molar-refractivity contribution in [3.8, 4) is 5.69 Å².